The Morgan fingerprint density at radius 1 is 0.534 bits per heavy atom. The van der Waals surface area contributed by atoms with Gasteiger partial charge in [-0.15, -0.1) is 0 Å². The van der Waals surface area contributed by atoms with Gasteiger partial charge in [-0.25, -0.2) is 0 Å². The smallest absolute Gasteiger partial charge is 0.306 e. The van der Waals surface area contributed by atoms with Gasteiger partial charge in [-0.3, -0.25) is 4.79 Å². The molecule has 1 heterocycles. The van der Waals surface area contributed by atoms with E-state index in [4.69, 9.17) is 18.9 Å². The number of ether oxygens (including phenoxy) is 4. The van der Waals surface area contributed by atoms with Crippen LogP contribution in [0.5, 0.6) is 0 Å². The summed E-state index contributed by atoms with van der Waals surface area (Å²) in [7, 11) is 0. The van der Waals surface area contributed by atoms with E-state index in [-0.39, 0.29) is 19.2 Å². The number of carbonyl (C=O) groups is 1. The van der Waals surface area contributed by atoms with Crippen molar-refractivity contribution in [2.75, 3.05) is 26.4 Å². The van der Waals surface area contributed by atoms with Crippen LogP contribution in [0.15, 0.2) is 24.3 Å². The molecular formula is C49H92O9. The van der Waals surface area contributed by atoms with Gasteiger partial charge in [0, 0.05) is 13.0 Å². The Bertz CT molecular complexity index is 941. The molecule has 1 aliphatic heterocycles. The largest absolute Gasteiger partial charge is 0.457 e. The summed E-state index contributed by atoms with van der Waals surface area (Å²) in [4.78, 5) is 12.8. The van der Waals surface area contributed by atoms with E-state index in [1.807, 2.05) is 0 Å². The Kier molecular flexibility index (Phi) is 38.7. The van der Waals surface area contributed by atoms with Crippen molar-refractivity contribution in [2.45, 2.75) is 256 Å². The Labute approximate surface area is 356 Å². The molecule has 0 aromatic heterocycles. The maximum Gasteiger partial charge on any atom is 0.306 e. The Morgan fingerprint density at radius 3 is 1.40 bits per heavy atom. The minimum atomic E-state index is -1.54. The molecule has 6 unspecified atom stereocenters. The van der Waals surface area contributed by atoms with Gasteiger partial charge in [0.15, 0.2) is 6.29 Å². The number of unbranched alkanes of at least 4 members (excludes halogenated alkanes) is 27. The molecule has 0 saturated carbocycles. The quantitative estimate of drug-likeness (QED) is 0.0269. The number of aliphatic hydroxyl groups excluding tert-OH is 4. The minimum absolute atomic E-state index is 0.114. The van der Waals surface area contributed by atoms with Crippen LogP contribution < -0.4 is 0 Å². The van der Waals surface area contributed by atoms with Crippen molar-refractivity contribution in [3.8, 4) is 0 Å². The first kappa shape index (κ1) is 54.7. The van der Waals surface area contributed by atoms with Crippen molar-refractivity contribution in [3.63, 3.8) is 0 Å². The van der Waals surface area contributed by atoms with Crippen LogP contribution in [-0.4, -0.2) is 89.6 Å². The van der Waals surface area contributed by atoms with Gasteiger partial charge in [-0.1, -0.05) is 173 Å². The number of rotatable bonds is 42. The molecular weight excluding hydrogens is 733 g/mol. The van der Waals surface area contributed by atoms with Crippen LogP contribution in [0.4, 0.5) is 0 Å². The van der Waals surface area contributed by atoms with Gasteiger partial charge in [-0.05, 0) is 64.2 Å². The Hall–Kier alpha value is -1.33. The van der Waals surface area contributed by atoms with Crippen molar-refractivity contribution in [1.29, 1.82) is 0 Å². The predicted octanol–water partition coefficient (Wildman–Crippen LogP) is 11.4. The second-order valence-electron chi connectivity index (χ2n) is 16.9. The second kappa shape index (κ2) is 41.0. The number of hydrogen-bond acceptors (Lipinski definition) is 9. The van der Waals surface area contributed by atoms with Crippen molar-refractivity contribution >= 4 is 5.97 Å². The average molecular weight is 825 g/mol. The highest BCUT2D eigenvalue weighted by molar-refractivity contribution is 5.69. The van der Waals surface area contributed by atoms with E-state index in [9.17, 15) is 25.2 Å². The second-order valence-corrected chi connectivity index (χ2v) is 16.9. The van der Waals surface area contributed by atoms with Crippen LogP contribution in [0.1, 0.15) is 219 Å². The fraction of sp³-hybridized carbons (Fsp3) is 0.898. The fourth-order valence-electron chi connectivity index (χ4n) is 7.48. The van der Waals surface area contributed by atoms with Crippen LogP contribution in [0, 0.1) is 0 Å². The SMILES string of the molecule is CCCCCCCC/C=C\CCCCCCCCCCOCC(COC1OC(CO)C(O)C(O)C1O)OC(=O)CCCCCCCCC/C=C\CCCCCCCC. The molecule has 0 aromatic rings. The normalized spacial score (nSPS) is 20.4. The van der Waals surface area contributed by atoms with Crippen LogP contribution in [0.2, 0.25) is 0 Å². The number of hydrogen-bond donors (Lipinski definition) is 4. The molecule has 0 aliphatic carbocycles. The molecule has 4 N–H and O–H groups in total. The van der Waals surface area contributed by atoms with E-state index in [0.29, 0.717) is 13.0 Å². The number of allylic oxidation sites excluding steroid dienone is 4. The van der Waals surface area contributed by atoms with Gasteiger partial charge < -0.3 is 39.4 Å². The zero-order valence-corrected chi connectivity index (χ0v) is 37.6. The highest BCUT2D eigenvalue weighted by Crippen LogP contribution is 2.23. The van der Waals surface area contributed by atoms with Gasteiger partial charge in [0.2, 0.25) is 0 Å². The topological polar surface area (TPSA) is 135 Å². The minimum Gasteiger partial charge on any atom is -0.457 e. The summed E-state index contributed by atoms with van der Waals surface area (Å²) in [5.74, 6) is -0.317. The molecule has 0 amide bonds. The molecule has 9 nitrogen and oxygen atoms in total. The summed E-state index contributed by atoms with van der Waals surface area (Å²) < 4.78 is 22.9. The molecule has 0 spiro atoms. The van der Waals surface area contributed by atoms with Crippen molar-refractivity contribution in [2.24, 2.45) is 0 Å². The highest BCUT2D eigenvalue weighted by atomic mass is 16.7. The fourth-order valence-corrected chi connectivity index (χ4v) is 7.48. The lowest BCUT2D eigenvalue weighted by molar-refractivity contribution is -0.305. The van der Waals surface area contributed by atoms with E-state index >= 15 is 0 Å². The predicted molar refractivity (Wildman–Crippen MR) is 238 cm³/mol. The third-order valence-electron chi connectivity index (χ3n) is 11.3. The van der Waals surface area contributed by atoms with E-state index in [1.165, 1.54) is 167 Å². The van der Waals surface area contributed by atoms with Crippen LogP contribution in [-0.2, 0) is 23.7 Å². The lowest BCUT2D eigenvalue weighted by Crippen LogP contribution is -2.59. The molecule has 6 atom stereocenters. The number of esters is 1. The first-order chi connectivity index (χ1) is 28.4. The first-order valence-electron chi connectivity index (χ1n) is 24.4. The first-order valence-corrected chi connectivity index (χ1v) is 24.4. The molecule has 342 valence electrons. The van der Waals surface area contributed by atoms with Gasteiger partial charge in [0.25, 0.3) is 0 Å². The Balaban J connectivity index is 2.23. The highest BCUT2D eigenvalue weighted by Gasteiger charge is 2.44. The van der Waals surface area contributed by atoms with Crippen LogP contribution >= 0.6 is 0 Å². The number of carbonyl (C=O) groups excluding carboxylic acids is 1. The van der Waals surface area contributed by atoms with Crippen molar-refractivity contribution in [1.82, 2.24) is 0 Å². The van der Waals surface area contributed by atoms with Crippen molar-refractivity contribution < 1.29 is 44.2 Å². The van der Waals surface area contributed by atoms with Gasteiger partial charge in [0.05, 0.1) is 19.8 Å². The summed E-state index contributed by atoms with van der Waals surface area (Å²) in [6, 6.07) is 0. The maximum atomic E-state index is 12.8. The zero-order chi connectivity index (χ0) is 42.2. The zero-order valence-electron chi connectivity index (χ0n) is 37.6. The average Bonchev–Trinajstić information content (AvgIpc) is 3.22. The molecule has 1 rings (SSSR count). The van der Waals surface area contributed by atoms with Gasteiger partial charge in [0.1, 0.15) is 30.5 Å². The molecule has 1 aliphatic rings. The molecule has 0 bridgehead atoms. The standard InChI is InChI=1S/C49H92O9/c1-3-5-7-9-11-13-15-17-19-21-23-25-27-29-31-33-35-37-39-55-41-43(42-56-49-48(54)47(53)46(52)44(40-50)58-49)57-45(51)38-36-34-32-30-28-26-24-22-20-18-16-14-12-10-8-6-4-2/h17-20,43-44,46-50,52-54H,3-16,21-42H2,1-2H3/b19-17-,20-18-. The van der Waals surface area contributed by atoms with Crippen molar-refractivity contribution in [3.05, 3.63) is 24.3 Å². The molecule has 9 heteroatoms. The monoisotopic (exact) mass is 825 g/mol. The lowest BCUT2D eigenvalue weighted by Gasteiger charge is -2.39. The van der Waals surface area contributed by atoms with E-state index in [2.05, 4.69) is 38.2 Å². The third kappa shape index (κ3) is 31.5. The lowest BCUT2D eigenvalue weighted by atomic mass is 9.99. The van der Waals surface area contributed by atoms with Crippen LogP contribution in [0.3, 0.4) is 0 Å². The van der Waals surface area contributed by atoms with Crippen LogP contribution in [0.25, 0.3) is 0 Å². The third-order valence-corrected chi connectivity index (χ3v) is 11.3. The summed E-state index contributed by atoms with van der Waals surface area (Å²) in [6.45, 7) is 4.57. The molecule has 1 saturated heterocycles. The van der Waals surface area contributed by atoms with E-state index in [0.717, 1.165) is 32.1 Å². The molecule has 0 aromatic carbocycles. The molecule has 1 fully saturated rings. The summed E-state index contributed by atoms with van der Waals surface area (Å²) in [6.07, 6.45) is 40.6. The summed E-state index contributed by atoms with van der Waals surface area (Å²) >= 11 is 0. The van der Waals surface area contributed by atoms with Gasteiger partial charge in [-0.2, -0.15) is 0 Å². The molecule has 0 radical (unpaired) electrons. The van der Waals surface area contributed by atoms with E-state index in [1.54, 1.807) is 0 Å². The Morgan fingerprint density at radius 2 is 0.948 bits per heavy atom. The summed E-state index contributed by atoms with van der Waals surface area (Å²) in [5, 5.41) is 40.2. The summed E-state index contributed by atoms with van der Waals surface area (Å²) in [5.41, 5.74) is 0. The van der Waals surface area contributed by atoms with E-state index < -0.39 is 43.4 Å². The number of aliphatic hydroxyl groups is 4. The van der Waals surface area contributed by atoms with Gasteiger partial charge >= 0.3 is 5.97 Å². The molecule has 58 heavy (non-hydrogen) atoms. The maximum absolute atomic E-state index is 12.8.